The normalized spacial score (nSPS) is 13.4. The Labute approximate surface area is 137 Å². The van der Waals surface area contributed by atoms with Gasteiger partial charge in [-0.1, -0.05) is 30.3 Å². The third-order valence-electron chi connectivity index (χ3n) is 3.90. The Morgan fingerprint density at radius 2 is 1.65 bits per heavy atom. The topological polar surface area (TPSA) is 64.7 Å². The van der Waals surface area contributed by atoms with Crippen molar-refractivity contribution in [1.29, 1.82) is 0 Å². The molecule has 0 saturated heterocycles. The number of benzene rings is 2. The van der Waals surface area contributed by atoms with Gasteiger partial charge in [-0.05, 0) is 49.4 Å². The summed E-state index contributed by atoms with van der Waals surface area (Å²) in [5, 5.41) is 10.1. The van der Waals surface area contributed by atoms with Crippen molar-refractivity contribution in [1.82, 2.24) is 0 Å². The predicted molar refractivity (Wildman–Crippen MR) is 91.8 cm³/mol. The predicted octanol–water partition coefficient (Wildman–Crippen LogP) is 3.00. The first-order valence-electron chi connectivity index (χ1n) is 7.76. The fourth-order valence-corrected chi connectivity index (χ4v) is 2.68. The van der Waals surface area contributed by atoms with E-state index in [1.165, 1.54) is 12.5 Å². The van der Waals surface area contributed by atoms with Crippen molar-refractivity contribution >= 4 is 0 Å². The molecule has 4 heteroatoms. The van der Waals surface area contributed by atoms with E-state index in [-0.39, 0.29) is 0 Å². The summed E-state index contributed by atoms with van der Waals surface area (Å²) in [5.41, 5.74) is 7.22. The molecule has 0 aliphatic heterocycles. The average Bonchev–Trinajstić information content (AvgIpc) is 2.54. The average molecular weight is 315 g/mol. The molecule has 0 radical (unpaired) electrons. The van der Waals surface area contributed by atoms with Crippen LogP contribution in [0.2, 0.25) is 0 Å². The summed E-state index contributed by atoms with van der Waals surface area (Å²) in [4.78, 5) is 0. The number of nitrogens with two attached hydrogens (primary N) is 1. The highest BCUT2D eigenvalue weighted by Crippen LogP contribution is 2.34. The summed E-state index contributed by atoms with van der Waals surface area (Å²) in [6.07, 6.45) is 2.87. The highest BCUT2D eigenvalue weighted by molar-refractivity contribution is 5.48. The Morgan fingerprint density at radius 3 is 2.22 bits per heavy atom. The maximum atomic E-state index is 10.1. The van der Waals surface area contributed by atoms with Gasteiger partial charge in [-0.2, -0.15) is 0 Å². The molecule has 3 N–H and O–H groups in total. The number of methoxy groups -OCH3 is 2. The molecular formula is C19H25NO3. The summed E-state index contributed by atoms with van der Waals surface area (Å²) < 4.78 is 10.8. The van der Waals surface area contributed by atoms with Crippen LogP contribution in [0.1, 0.15) is 30.0 Å². The molecule has 2 aromatic rings. The molecule has 23 heavy (non-hydrogen) atoms. The third-order valence-corrected chi connectivity index (χ3v) is 3.90. The van der Waals surface area contributed by atoms with Crippen LogP contribution in [0.25, 0.3) is 0 Å². The van der Waals surface area contributed by atoms with Crippen LogP contribution in [0.3, 0.4) is 0 Å². The fourth-order valence-electron chi connectivity index (χ4n) is 2.68. The minimum absolute atomic E-state index is 0.517. The van der Waals surface area contributed by atoms with Crippen LogP contribution in [0.5, 0.6) is 11.5 Å². The summed E-state index contributed by atoms with van der Waals surface area (Å²) >= 11 is 0. The van der Waals surface area contributed by atoms with Gasteiger partial charge in [0, 0.05) is 5.56 Å². The van der Waals surface area contributed by atoms with E-state index in [0.717, 1.165) is 30.6 Å². The van der Waals surface area contributed by atoms with Crippen molar-refractivity contribution in [2.75, 3.05) is 14.2 Å². The molecule has 4 nitrogen and oxygen atoms in total. The first kappa shape index (κ1) is 17.3. The number of aliphatic hydroxyl groups is 1. The lowest BCUT2D eigenvalue weighted by atomic mass is 9.97. The molecule has 0 aromatic heterocycles. The quantitative estimate of drug-likeness (QED) is 0.771. The van der Waals surface area contributed by atoms with Gasteiger partial charge in [-0.15, -0.1) is 0 Å². The van der Waals surface area contributed by atoms with Gasteiger partial charge >= 0.3 is 0 Å². The molecule has 0 bridgehead atoms. The van der Waals surface area contributed by atoms with Crippen molar-refractivity contribution in [2.45, 2.75) is 31.9 Å². The van der Waals surface area contributed by atoms with E-state index in [9.17, 15) is 5.11 Å². The van der Waals surface area contributed by atoms with E-state index < -0.39 is 5.72 Å². The van der Waals surface area contributed by atoms with Crippen molar-refractivity contribution in [3.8, 4) is 11.5 Å². The van der Waals surface area contributed by atoms with Gasteiger partial charge in [0.2, 0.25) is 0 Å². The van der Waals surface area contributed by atoms with Crippen molar-refractivity contribution in [3.05, 3.63) is 59.2 Å². The van der Waals surface area contributed by atoms with E-state index in [2.05, 4.69) is 24.3 Å². The zero-order chi connectivity index (χ0) is 16.9. The largest absolute Gasteiger partial charge is 0.496 e. The first-order chi connectivity index (χ1) is 11.0. The van der Waals surface area contributed by atoms with Crippen LogP contribution in [-0.2, 0) is 18.6 Å². The van der Waals surface area contributed by atoms with E-state index in [4.69, 9.17) is 15.2 Å². The molecule has 0 aliphatic carbocycles. The van der Waals surface area contributed by atoms with Crippen LogP contribution >= 0.6 is 0 Å². The molecule has 1 atom stereocenters. The summed E-state index contributed by atoms with van der Waals surface area (Å²) in [6, 6.07) is 14.1. The molecule has 0 fully saturated rings. The molecule has 0 saturated carbocycles. The number of aryl methyl sites for hydroxylation is 2. The first-order valence-corrected chi connectivity index (χ1v) is 7.76. The van der Waals surface area contributed by atoms with Gasteiger partial charge in [0.05, 0.1) is 14.2 Å². The maximum Gasteiger partial charge on any atom is 0.140 e. The molecule has 124 valence electrons. The van der Waals surface area contributed by atoms with E-state index >= 15 is 0 Å². The van der Waals surface area contributed by atoms with Gasteiger partial charge in [0.15, 0.2) is 0 Å². The van der Waals surface area contributed by atoms with Crippen LogP contribution in [0, 0.1) is 0 Å². The summed E-state index contributed by atoms with van der Waals surface area (Å²) in [7, 11) is 3.20. The molecule has 0 heterocycles. The summed E-state index contributed by atoms with van der Waals surface area (Å²) in [5.74, 6) is 1.30. The van der Waals surface area contributed by atoms with Crippen LogP contribution in [-0.4, -0.2) is 19.3 Å². The van der Waals surface area contributed by atoms with Gasteiger partial charge in [0.25, 0.3) is 0 Å². The van der Waals surface area contributed by atoms with Gasteiger partial charge in [-0.3, -0.25) is 5.73 Å². The summed E-state index contributed by atoms with van der Waals surface area (Å²) in [6.45, 7) is 1.53. The lowest BCUT2D eigenvalue weighted by Gasteiger charge is -2.23. The van der Waals surface area contributed by atoms with E-state index in [1.807, 2.05) is 12.1 Å². The fraction of sp³-hybridized carbons (Fsp3) is 0.368. The maximum absolute atomic E-state index is 10.1. The molecule has 2 aromatic carbocycles. The lowest BCUT2D eigenvalue weighted by molar-refractivity contribution is 0.0616. The van der Waals surface area contributed by atoms with Gasteiger partial charge in [-0.25, -0.2) is 0 Å². The molecular weight excluding hydrogens is 290 g/mol. The SMILES string of the molecule is COc1cc(C(C)(N)O)c(OC)cc1CCCc1ccccc1. The Kier molecular flexibility index (Phi) is 5.64. The zero-order valence-corrected chi connectivity index (χ0v) is 14.0. The Hall–Kier alpha value is -2.04. The third kappa shape index (κ3) is 4.47. The highest BCUT2D eigenvalue weighted by Gasteiger charge is 2.24. The lowest BCUT2D eigenvalue weighted by Crippen LogP contribution is -2.32. The van der Waals surface area contributed by atoms with E-state index in [0.29, 0.717) is 11.3 Å². The molecule has 2 rings (SSSR count). The number of hydrogen-bond donors (Lipinski definition) is 2. The standard InChI is InChI=1S/C19H25NO3/c1-19(20,21)16-13-17(22-2)15(12-18(16)23-3)11-7-10-14-8-5-4-6-9-14/h4-6,8-9,12-13,21H,7,10-11,20H2,1-3H3. The van der Waals surface area contributed by atoms with E-state index in [1.54, 1.807) is 20.3 Å². The number of rotatable bonds is 7. The van der Waals surface area contributed by atoms with Crippen molar-refractivity contribution < 1.29 is 14.6 Å². The van der Waals surface area contributed by atoms with Crippen molar-refractivity contribution in [2.24, 2.45) is 5.73 Å². The van der Waals surface area contributed by atoms with Gasteiger partial charge in [0.1, 0.15) is 17.2 Å². The number of hydrogen-bond acceptors (Lipinski definition) is 4. The number of ether oxygens (including phenoxy) is 2. The smallest absolute Gasteiger partial charge is 0.140 e. The second-order valence-electron chi connectivity index (χ2n) is 5.85. The molecule has 0 amide bonds. The van der Waals surface area contributed by atoms with Crippen molar-refractivity contribution in [3.63, 3.8) is 0 Å². The molecule has 0 aliphatic rings. The molecule has 1 unspecified atom stereocenters. The Balaban J connectivity index is 2.17. The Bertz CT molecular complexity index is 633. The van der Waals surface area contributed by atoms with Crippen LogP contribution in [0.4, 0.5) is 0 Å². The minimum atomic E-state index is -1.47. The van der Waals surface area contributed by atoms with Gasteiger partial charge < -0.3 is 14.6 Å². The van der Waals surface area contributed by atoms with Crippen LogP contribution < -0.4 is 15.2 Å². The second-order valence-corrected chi connectivity index (χ2v) is 5.85. The highest BCUT2D eigenvalue weighted by atomic mass is 16.5. The monoisotopic (exact) mass is 315 g/mol. The second kappa shape index (κ2) is 7.49. The zero-order valence-electron chi connectivity index (χ0n) is 14.0. The minimum Gasteiger partial charge on any atom is -0.496 e. The van der Waals surface area contributed by atoms with Crippen LogP contribution in [0.15, 0.2) is 42.5 Å². The Morgan fingerprint density at radius 1 is 1.00 bits per heavy atom. The molecule has 0 spiro atoms.